The summed E-state index contributed by atoms with van der Waals surface area (Å²) >= 11 is 0. The molecule has 2 aromatic heterocycles. The van der Waals surface area contributed by atoms with Gasteiger partial charge in [-0.2, -0.15) is 0 Å². The van der Waals surface area contributed by atoms with Crippen molar-refractivity contribution in [2.45, 2.75) is 24.9 Å². The highest BCUT2D eigenvalue weighted by molar-refractivity contribution is 5.84. The number of carbonyl (C=O) groups is 1. The Morgan fingerprint density at radius 2 is 2.17 bits per heavy atom. The summed E-state index contributed by atoms with van der Waals surface area (Å²) in [5.74, 6) is -0.332. The highest BCUT2D eigenvalue weighted by atomic mass is 16.4. The van der Waals surface area contributed by atoms with Crippen molar-refractivity contribution in [2.75, 3.05) is 0 Å². The van der Waals surface area contributed by atoms with E-state index in [4.69, 9.17) is 13.9 Å². The number of aliphatic hydroxyl groups is 1. The van der Waals surface area contributed by atoms with Crippen LogP contribution in [0.5, 0.6) is 0 Å². The van der Waals surface area contributed by atoms with E-state index >= 15 is 0 Å². The molecule has 1 aliphatic rings. The first-order chi connectivity index (χ1) is 8.61. The quantitative estimate of drug-likeness (QED) is 0.850. The third-order valence-electron chi connectivity index (χ3n) is 3.36. The van der Waals surface area contributed by atoms with Gasteiger partial charge in [0.15, 0.2) is 5.60 Å². The zero-order valence-corrected chi connectivity index (χ0v) is 9.55. The third kappa shape index (κ3) is 1.48. The average Bonchev–Trinajstić information content (AvgIpc) is 2.98. The zero-order valence-electron chi connectivity index (χ0n) is 9.55. The summed E-state index contributed by atoms with van der Waals surface area (Å²) in [6.45, 7) is 0. The number of aromatic carboxylic acids is 1. The van der Waals surface area contributed by atoms with Crippen molar-refractivity contribution >= 4 is 5.97 Å². The summed E-state index contributed by atoms with van der Waals surface area (Å²) in [5, 5.41) is 19.6. The Morgan fingerprint density at radius 3 is 2.89 bits per heavy atom. The molecular formula is C13H12O5. The van der Waals surface area contributed by atoms with Crippen LogP contribution < -0.4 is 0 Å². The van der Waals surface area contributed by atoms with Gasteiger partial charge in [0.2, 0.25) is 5.76 Å². The van der Waals surface area contributed by atoms with Crippen molar-refractivity contribution < 1.29 is 23.8 Å². The maximum Gasteiger partial charge on any atom is 0.371 e. The summed E-state index contributed by atoms with van der Waals surface area (Å²) in [7, 11) is 0. The van der Waals surface area contributed by atoms with E-state index in [1.807, 2.05) is 0 Å². The molecule has 5 heteroatoms. The number of aryl methyl sites for hydroxylation is 1. The van der Waals surface area contributed by atoms with Gasteiger partial charge in [0.25, 0.3) is 0 Å². The molecule has 0 saturated heterocycles. The van der Waals surface area contributed by atoms with E-state index in [2.05, 4.69) is 0 Å². The Kier molecular flexibility index (Phi) is 2.31. The molecule has 18 heavy (non-hydrogen) atoms. The molecule has 2 N–H and O–H groups in total. The summed E-state index contributed by atoms with van der Waals surface area (Å²) in [4.78, 5) is 10.8. The Hall–Kier alpha value is -2.01. The number of carboxylic acids is 1. The molecule has 0 aromatic carbocycles. The zero-order chi connectivity index (χ0) is 12.8. The summed E-state index contributed by atoms with van der Waals surface area (Å²) in [6, 6.07) is 4.56. The van der Waals surface area contributed by atoms with Gasteiger partial charge in [0, 0.05) is 12.0 Å². The van der Waals surface area contributed by atoms with Gasteiger partial charge in [-0.05, 0) is 31.0 Å². The molecule has 0 saturated carbocycles. The van der Waals surface area contributed by atoms with Crippen molar-refractivity contribution in [3.05, 3.63) is 47.3 Å². The SMILES string of the molecule is O=C(O)c1ccc(C2(O)CCCc3occc32)o1. The van der Waals surface area contributed by atoms with Crippen LogP contribution in [-0.2, 0) is 12.0 Å². The number of carboxylic acid groups (broad SMARTS) is 1. The molecule has 0 aliphatic heterocycles. The lowest BCUT2D eigenvalue weighted by Gasteiger charge is -2.29. The van der Waals surface area contributed by atoms with Crippen LogP contribution in [0.4, 0.5) is 0 Å². The van der Waals surface area contributed by atoms with Gasteiger partial charge >= 0.3 is 5.97 Å². The maximum absolute atomic E-state index is 10.8. The van der Waals surface area contributed by atoms with E-state index in [0.717, 1.165) is 18.6 Å². The Balaban J connectivity index is 2.08. The number of furan rings is 2. The molecular weight excluding hydrogens is 236 g/mol. The van der Waals surface area contributed by atoms with Gasteiger partial charge in [-0.25, -0.2) is 4.79 Å². The van der Waals surface area contributed by atoms with E-state index in [9.17, 15) is 9.90 Å². The van der Waals surface area contributed by atoms with E-state index in [0.29, 0.717) is 12.0 Å². The van der Waals surface area contributed by atoms with E-state index in [1.54, 1.807) is 6.07 Å². The lowest BCUT2D eigenvalue weighted by atomic mass is 9.81. The fourth-order valence-electron chi connectivity index (χ4n) is 2.47. The molecule has 1 atom stereocenters. The molecule has 5 nitrogen and oxygen atoms in total. The van der Waals surface area contributed by atoms with Crippen LogP contribution >= 0.6 is 0 Å². The molecule has 0 radical (unpaired) electrons. The Bertz CT molecular complexity index is 594. The number of hydrogen-bond donors (Lipinski definition) is 2. The molecule has 1 aliphatic carbocycles. The molecule has 2 heterocycles. The van der Waals surface area contributed by atoms with Crippen LogP contribution in [0.15, 0.2) is 33.3 Å². The number of rotatable bonds is 2. The van der Waals surface area contributed by atoms with Gasteiger partial charge in [-0.3, -0.25) is 0 Å². The Labute approximate surface area is 103 Å². The third-order valence-corrected chi connectivity index (χ3v) is 3.36. The second-order valence-corrected chi connectivity index (χ2v) is 4.44. The normalized spacial score (nSPS) is 22.7. The van der Waals surface area contributed by atoms with Crippen molar-refractivity contribution in [3.63, 3.8) is 0 Å². The minimum Gasteiger partial charge on any atom is -0.475 e. The maximum atomic E-state index is 10.8. The van der Waals surface area contributed by atoms with Gasteiger partial charge in [0.1, 0.15) is 11.5 Å². The molecule has 2 aromatic rings. The van der Waals surface area contributed by atoms with Crippen LogP contribution in [0, 0.1) is 0 Å². The van der Waals surface area contributed by atoms with Crippen LogP contribution in [0.3, 0.4) is 0 Å². The van der Waals surface area contributed by atoms with Crippen molar-refractivity contribution in [2.24, 2.45) is 0 Å². The predicted octanol–water partition coefficient (Wildman–Crippen LogP) is 2.14. The van der Waals surface area contributed by atoms with Crippen LogP contribution in [0.2, 0.25) is 0 Å². The standard InChI is InChI=1S/C13H12O5/c14-12(15)10-3-4-11(18-10)13(16)6-1-2-9-8(13)5-7-17-9/h3-5,7,16H,1-2,6H2,(H,14,15). The second kappa shape index (κ2) is 3.74. The van der Waals surface area contributed by atoms with Gasteiger partial charge in [0.05, 0.1) is 6.26 Å². The van der Waals surface area contributed by atoms with Crippen molar-refractivity contribution in [1.29, 1.82) is 0 Å². The molecule has 0 fully saturated rings. The molecule has 94 valence electrons. The van der Waals surface area contributed by atoms with Crippen LogP contribution in [-0.4, -0.2) is 16.2 Å². The van der Waals surface area contributed by atoms with Gasteiger partial charge in [-0.15, -0.1) is 0 Å². The summed E-state index contributed by atoms with van der Waals surface area (Å²) in [6.07, 6.45) is 3.56. The lowest BCUT2D eigenvalue weighted by Crippen LogP contribution is -2.30. The smallest absolute Gasteiger partial charge is 0.371 e. The fourth-order valence-corrected chi connectivity index (χ4v) is 2.47. The highest BCUT2D eigenvalue weighted by Crippen LogP contribution is 2.41. The minimum atomic E-state index is -1.28. The minimum absolute atomic E-state index is 0.172. The van der Waals surface area contributed by atoms with Crippen molar-refractivity contribution in [1.82, 2.24) is 0 Å². The first-order valence-corrected chi connectivity index (χ1v) is 5.74. The summed E-state index contributed by atoms with van der Waals surface area (Å²) < 4.78 is 10.5. The predicted molar refractivity (Wildman–Crippen MR) is 60.3 cm³/mol. The molecule has 0 amide bonds. The van der Waals surface area contributed by atoms with E-state index in [-0.39, 0.29) is 11.5 Å². The van der Waals surface area contributed by atoms with Crippen LogP contribution in [0.1, 0.15) is 40.5 Å². The lowest BCUT2D eigenvalue weighted by molar-refractivity contribution is 0.0340. The largest absolute Gasteiger partial charge is 0.475 e. The summed E-state index contributed by atoms with van der Waals surface area (Å²) in [5.41, 5.74) is -0.617. The van der Waals surface area contributed by atoms with Crippen molar-refractivity contribution in [3.8, 4) is 0 Å². The van der Waals surface area contributed by atoms with Crippen LogP contribution in [0.25, 0.3) is 0 Å². The first kappa shape index (κ1) is 11.1. The number of hydrogen-bond acceptors (Lipinski definition) is 4. The van der Waals surface area contributed by atoms with E-state index in [1.165, 1.54) is 18.4 Å². The van der Waals surface area contributed by atoms with Gasteiger partial charge < -0.3 is 19.0 Å². The topological polar surface area (TPSA) is 83.8 Å². The highest BCUT2D eigenvalue weighted by Gasteiger charge is 2.40. The molecule has 1 unspecified atom stereocenters. The fraction of sp³-hybridized carbons (Fsp3) is 0.308. The van der Waals surface area contributed by atoms with Gasteiger partial charge in [-0.1, -0.05) is 0 Å². The number of fused-ring (bicyclic) bond motifs is 1. The molecule has 3 rings (SSSR count). The first-order valence-electron chi connectivity index (χ1n) is 5.74. The van der Waals surface area contributed by atoms with E-state index < -0.39 is 11.6 Å². The molecule has 0 spiro atoms. The second-order valence-electron chi connectivity index (χ2n) is 4.44. The average molecular weight is 248 g/mol. The molecule has 0 bridgehead atoms. The monoisotopic (exact) mass is 248 g/mol. The Morgan fingerprint density at radius 1 is 1.33 bits per heavy atom.